The van der Waals surface area contributed by atoms with Crippen LogP contribution in [-0.4, -0.2) is 29.3 Å². The number of rotatable bonds is 2. The van der Waals surface area contributed by atoms with Crippen molar-refractivity contribution in [2.75, 3.05) is 0 Å². The van der Waals surface area contributed by atoms with E-state index in [4.69, 9.17) is 0 Å². The Hall–Kier alpha value is -1.26. The van der Waals surface area contributed by atoms with E-state index in [0.29, 0.717) is 5.92 Å². The minimum absolute atomic E-state index is 0.0381. The number of benzene rings is 1. The molecule has 2 atom stereocenters. The molecule has 0 radical (unpaired) electrons. The zero-order chi connectivity index (χ0) is 18.7. The summed E-state index contributed by atoms with van der Waals surface area (Å²) in [6.07, 6.45) is 6.53. The quantitative estimate of drug-likeness (QED) is 0.682. The van der Waals surface area contributed by atoms with Gasteiger partial charge in [0, 0.05) is 17.1 Å². The molecule has 1 aromatic heterocycles. The average molecular weight is 371 g/mol. The van der Waals surface area contributed by atoms with Crippen molar-refractivity contribution in [1.82, 2.24) is 9.29 Å². The summed E-state index contributed by atoms with van der Waals surface area (Å²) in [6, 6.07) is 10.7. The predicted octanol–water partition coefficient (Wildman–Crippen LogP) is 5.19. The van der Waals surface area contributed by atoms with Gasteiger partial charge in [0.15, 0.2) is 0 Å². The van der Waals surface area contributed by atoms with Gasteiger partial charge in [-0.25, -0.2) is 8.51 Å². The molecule has 4 rings (SSSR count). The first-order valence-electron chi connectivity index (χ1n) is 9.74. The third-order valence-corrected chi connectivity index (χ3v) is 8.80. The molecule has 2 aromatic rings. The maximum absolute atomic E-state index is 13.1. The van der Waals surface area contributed by atoms with Gasteiger partial charge in [-0.3, -0.25) is 4.98 Å². The molecule has 4 heteroatoms. The smallest absolute Gasteiger partial charge is 0.101 e. The Morgan fingerprint density at radius 2 is 1.77 bits per heavy atom. The minimum atomic E-state index is -0.939. The molecule has 2 heterocycles. The van der Waals surface area contributed by atoms with Crippen LogP contribution in [0.15, 0.2) is 36.5 Å². The third kappa shape index (κ3) is 2.56. The van der Waals surface area contributed by atoms with Crippen molar-refractivity contribution in [3.05, 3.63) is 42.1 Å². The molecule has 1 saturated carbocycles. The first-order chi connectivity index (χ1) is 12.2. The topological polar surface area (TPSA) is 33.0 Å². The summed E-state index contributed by atoms with van der Waals surface area (Å²) in [5.41, 5.74) is 2.68. The van der Waals surface area contributed by atoms with Crippen LogP contribution in [0.25, 0.3) is 10.9 Å². The van der Waals surface area contributed by atoms with Gasteiger partial charge in [0.2, 0.25) is 0 Å². The molecule has 1 spiro atoms. The molecular formula is C22H30N2OS. The molecule has 3 nitrogen and oxygen atoms in total. The van der Waals surface area contributed by atoms with Crippen LogP contribution >= 0.6 is 0 Å². The number of fused-ring (bicyclic) bond motifs is 1. The summed E-state index contributed by atoms with van der Waals surface area (Å²) in [6.45, 7) is 10.8. The first-order valence-corrected chi connectivity index (χ1v) is 10.9. The van der Waals surface area contributed by atoms with E-state index in [9.17, 15) is 4.21 Å². The molecule has 2 aliphatic rings. The van der Waals surface area contributed by atoms with Crippen molar-refractivity contribution in [1.29, 1.82) is 0 Å². The van der Waals surface area contributed by atoms with E-state index in [1.165, 1.54) is 10.9 Å². The van der Waals surface area contributed by atoms with E-state index in [1.807, 2.05) is 6.20 Å². The van der Waals surface area contributed by atoms with E-state index in [-0.39, 0.29) is 15.8 Å². The Balaban J connectivity index is 1.57. The highest BCUT2D eigenvalue weighted by atomic mass is 32.2. The third-order valence-electron chi connectivity index (χ3n) is 6.61. The maximum atomic E-state index is 13.1. The van der Waals surface area contributed by atoms with Crippen LogP contribution in [0.4, 0.5) is 0 Å². The molecule has 0 amide bonds. The molecule has 2 fully saturated rings. The second-order valence-corrected chi connectivity index (χ2v) is 11.5. The van der Waals surface area contributed by atoms with Crippen molar-refractivity contribution >= 4 is 21.9 Å². The van der Waals surface area contributed by atoms with Crippen molar-refractivity contribution in [2.24, 2.45) is 0 Å². The van der Waals surface area contributed by atoms with Gasteiger partial charge >= 0.3 is 0 Å². The van der Waals surface area contributed by atoms with Gasteiger partial charge in [-0.05, 0) is 83.9 Å². The molecular weight excluding hydrogens is 340 g/mol. The number of aromatic nitrogens is 1. The molecule has 1 aliphatic carbocycles. The summed E-state index contributed by atoms with van der Waals surface area (Å²) >= 11 is 0. The fourth-order valence-electron chi connectivity index (χ4n) is 5.02. The van der Waals surface area contributed by atoms with Crippen LogP contribution in [0.3, 0.4) is 0 Å². The van der Waals surface area contributed by atoms with Crippen LogP contribution in [0.1, 0.15) is 71.8 Å². The Kier molecular flexibility index (Phi) is 4.09. The van der Waals surface area contributed by atoms with E-state index in [2.05, 4.69) is 74.2 Å². The van der Waals surface area contributed by atoms with Crippen LogP contribution in [0.5, 0.6) is 0 Å². The van der Waals surface area contributed by atoms with Gasteiger partial charge in [0.05, 0.1) is 15.8 Å². The number of para-hydroxylation sites is 1. The second kappa shape index (κ2) is 5.87. The van der Waals surface area contributed by atoms with E-state index in [0.717, 1.165) is 31.2 Å². The first kappa shape index (κ1) is 18.1. The zero-order valence-electron chi connectivity index (χ0n) is 16.6. The van der Waals surface area contributed by atoms with Crippen molar-refractivity contribution < 1.29 is 4.21 Å². The number of pyridine rings is 1. The molecule has 2 unspecified atom stereocenters. The fourth-order valence-corrected chi connectivity index (χ4v) is 6.83. The second-order valence-electron chi connectivity index (χ2n) is 9.44. The summed E-state index contributed by atoms with van der Waals surface area (Å²) in [7, 11) is -0.939. The maximum Gasteiger partial charge on any atom is 0.101 e. The van der Waals surface area contributed by atoms with Crippen molar-refractivity contribution in [3.8, 4) is 0 Å². The lowest BCUT2D eigenvalue weighted by Crippen LogP contribution is -2.33. The lowest BCUT2D eigenvalue weighted by molar-refractivity contribution is 0.329. The number of hydrogen-bond donors (Lipinski definition) is 0. The van der Waals surface area contributed by atoms with Crippen LogP contribution in [-0.2, 0) is 11.0 Å². The number of hydrogen-bond acceptors (Lipinski definition) is 2. The lowest BCUT2D eigenvalue weighted by Gasteiger charge is -2.31. The zero-order valence-corrected chi connectivity index (χ0v) is 17.4. The number of nitrogens with zero attached hydrogens (tertiary/aromatic N) is 2. The summed E-state index contributed by atoms with van der Waals surface area (Å²) < 4.78 is 15.2. The van der Waals surface area contributed by atoms with Crippen LogP contribution < -0.4 is 0 Å². The summed E-state index contributed by atoms with van der Waals surface area (Å²) in [4.78, 5) is 4.51. The summed E-state index contributed by atoms with van der Waals surface area (Å²) in [5.74, 6) is 0.579. The highest BCUT2D eigenvalue weighted by Crippen LogP contribution is 2.62. The average Bonchev–Trinajstić information content (AvgIpc) is 3.07. The Labute approximate surface area is 159 Å². The van der Waals surface area contributed by atoms with Crippen molar-refractivity contribution in [2.45, 2.75) is 82.0 Å². The van der Waals surface area contributed by atoms with Gasteiger partial charge in [0.1, 0.15) is 11.0 Å². The molecule has 26 heavy (non-hydrogen) atoms. The van der Waals surface area contributed by atoms with Gasteiger partial charge in [-0.15, -0.1) is 0 Å². The van der Waals surface area contributed by atoms with Gasteiger partial charge in [-0.2, -0.15) is 0 Å². The SMILES string of the molecule is CC(C)(C)S(=O)N1C(C)(C)C12CCC(c1ccnc3ccccc13)CC2. The molecule has 140 valence electrons. The minimum Gasteiger partial charge on any atom is -0.256 e. The highest BCUT2D eigenvalue weighted by Gasteiger charge is 2.72. The Morgan fingerprint density at radius 1 is 1.12 bits per heavy atom. The van der Waals surface area contributed by atoms with Gasteiger partial charge < -0.3 is 0 Å². The normalized spacial score (nSPS) is 31.9. The molecule has 0 N–H and O–H groups in total. The van der Waals surface area contributed by atoms with Crippen molar-refractivity contribution in [3.63, 3.8) is 0 Å². The molecule has 1 aliphatic heterocycles. The molecule has 0 bridgehead atoms. The highest BCUT2D eigenvalue weighted by molar-refractivity contribution is 7.84. The van der Waals surface area contributed by atoms with E-state index in [1.54, 1.807) is 0 Å². The van der Waals surface area contributed by atoms with E-state index < -0.39 is 11.0 Å². The van der Waals surface area contributed by atoms with Gasteiger partial charge in [-0.1, -0.05) is 18.2 Å². The van der Waals surface area contributed by atoms with E-state index >= 15 is 0 Å². The van der Waals surface area contributed by atoms with Gasteiger partial charge in [0.25, 0.3) is 0 Å². The predicted molar refractivity (Wildman–Crippen MR) is 109 cm³/mol. The molecule has 1 aromatic carbocycles. The Morgan fingerprint density at radius 3 is 2.42 bits per heavy atom. The fraction of sp³-hybridized carbons (Fsp3) is 0.591. The monoisotopic (exact) mass is 370 g/mol. The molecule has 1 saturated heterocycles. The summed E-state index contributed by atoms with van der Waals surface area (Å²) in [5, 5.41) is 1.29. The largest absolute Gasteiger partial charge is 0.256 e. The van der Waals surface area contributed by atoms with Crippen LogP contribution in [0, 0.1) is 0 Å². The standard InChI is InChI=1S/C22H30N2OS/c1-20(2,3)26(25)24-21(4,5)22(24)13-10-16(11-14-22)17-12-15-23-19-9-7-6-8-18(17)19/h6-9,12,15-16H,10-11,13-14H2,1-5H3. The van der Waals surface area contributed by atoms with Crippen LogP contribution in [0.2, 0.25) is 0 Å². The lowest BCUT2D eigenvalue weighted by atomic mass is 9.74. The Bertz CT molecular complexity index is 855.